The molecular weight excluding hydrogens is 284 g/mol. The third kappa shape index (κ3) is 3.69. The number of rotatable bonds is 5. The zero-order valence-electron chi connectivity index (χ0n) is 13.3. The number of carbonyl (C=O) groups is 1. The molecule has 0 aliphatic carbocycles. The number of aryl methyl sites for hydroxylation is 3. The molecule has 2 rings (SSSR count). The number of imidazole rings is 1. The van der Waals surface area contributed by atoms with Crippen LogP contribution in [0.4, 0.5) is 0 Å². The van der Waals surface area contributed by atoms with E-state index in [2.05, 4.69) is 23.8 Å². The molecule has 114 valence electrons. The van der Waals surface area contributed by atoms with Crippen molar-refractivity contribution in [1.29, 1.82) is 0 Å². The fourth-order valence-electron chi connectivity index (χ4n) is 2.25. The Bertz CT molecular complexity index is 629. The Morgan fingerprint density at radius 1 is 1.43 bits per heavy atom. The van der Waals surface area contributed by atoms with Crippen molar-refractivity contribution in [3.05, 3.63) is 33.8 Å². The third-order valence-corrected chi connectivity index (χ3v) is 4.28. The van der Waals surface area contributed by atoms with Gasteiger partial charge in [0.05, 0.1) is 17.2 Å². The molecule has 0 aliphatic heterocycles. The smallest absolute Gasteiger partial charge is 0.266 e. The molecule has 5 nitrogen and oxygen atoms in total. The number of aromatic nitrogens is 3. The maximum atomic E-state index is 12.8. The van der Waals surface area contributed by atoms with Gasteiger partial charge in [-0.25, -0.2) is 9.97 Å². The molecule has 0 fully saturated rings. The number of hydrogen-bond donors (Lipinski definition) is 0. The Morgan fingerprint density at radius 3 is 2.62 bits per heavy atom. The normalized spacial score (nSPS) is 11.1. The van der Waals surface area contributed by atoms with Crippen LogP contribution in [0.5, 0.6) is 0 Å². The highest BCUT2D eigenvalue weighted by Gasteiger charge is 2.22. The Labute approximate surface area is 129 Å². The first-order chi connectivity index (χ1) is 9.88. The van der Waals surface area contributed by atoms with Crippen molar-refractivity contribution in [2.45, 2.75) is 34.2 Å². The van der Waals surface area contributed by atoms with E-state index in [1.165, 1.54) is 11.3 Å². The quantitative estimate of drug-likeness (QED) is 0.853. The summed E-state index contributed by atoms with van der Waals surface area (Å²) in [7, 11) is 1.95. The lowest BCUT2D eigenvalue weighted by atomic mass is 10.2. The topological polar surface area (TPSA) is 51.0 Å². The first kappa shape index (κ1) is 15.7. The van der Waals surface area contributed by atoms with E-state index in [-0.39, 0.29) is 5.91 Å². The van der Waals surface area contributed by atoms with Crippen molar-refractivity contribution in [3.63, 3.8) is 0 Å². The Balaban J connectivity index is 2.25. The second-order valence-electron chi connectivity index (χ2n) is 5.68. The second kappa shape index (κ2) is 6.39. The van der Waals surface area contributed by atoms with Crippen LogP contribution in [0.3, 0.4) is 0 Å². The summed E-state index contributed by atoms with van der Waals surface area (Å²) < 4.78 is 1.95. The van der Waals surface area contributed by atoms with Gasteiger partial charge in [0.2, 0.25) is 0 Å². The molecule has 1 amide bonds. The van der Waals surface area contributed by atoms with Crippen LogP contribution in [-0.2, 0) is 13.6 Å². The summed E-state index contributed by atoms with van der Waals surface area (Å²) in [6.07, 6.45) is 3.66. The summed E-state index contributed by atoms with van der Waals surface area (Å²) >= 11 is 1.47. The average Bonchev–Trinajstić information content (AvgIpc) is 2.93. The van der Waals surface area contributed by atoms with Crippen LogP contribution in [0.2, 0.25) is 0 Å². The maximum Gasteiger partial charge on any atom is 0.266 e. The first-order valence-corrected chi connectivity index (χ1v) is 7.89. The molecule has 0 N–H and O–H groups in total. The van der Waals surface area contributed by atoms with E-state index in [0.29, 0.717) is 19.0 Å². The van der Waals surface area contributed by atoms with Crippen molar-refractivity contribution in [2.75, 3.05) is 6.54 Å². The van der Waals surface area contributed by atoms with Crippen molar-refractivity contribution in [2.24, 2.45) is 13.0 Å². The van der Waals surface area contributed by atoms with Crippen LogP contribution in [0.1, 0.15) is 40.0 Å². The fourth-order valence-corrected chi connectivity index (χ4v) is 3.14. The average molecular weight is 306 g/mol. The number of carbonyl (C=O) groups excluding carboxylic acids is 1. The highest BCUT2D eigenvalue weighted by atomic mass is 32.1. The van der Waals surface area contributed by atoms with Crippen LogP contribution in [0.25, 0.3) is 0 Å². The highest BCUT2D eigenvalue weighted by molar-refractivity contribution is 7.13. The fraction of sp³-hybridized carbons (Fsp3) is 0.533. The molecule has 0 spiro atoms. The molecule has 0 saturated heterocycles. The van der Waals surface area contributed by atoms with Crippen LogP contribution in [0.15, 0.2) is 12.4 Å². The molecular formula is C15H22N4OS. The van der Waals surface area contributed by atoms with Gasteiger partial charge in [0.1, 0.15) is 10.7 Å². The van der Waals surface area contributed by atoms with E-state index in [9.17, 15) is 4.79 Å². The number of nitrogens with zero attached hydrogens (tertiary/aromatic N) is 4. The van der Waals surface area contributed by atoms with Gasteiger partial charge in [-0.05, 0) is 19.8 Å². The van der Waals surface area contributed by atoms with Gasteiger partial charge in [-0.15, -0.1) is 11.3 Å². The minimum Gasteiger partial charge on any atom is -0.337 e. The molecule has 21 heavy (non-hydrogen) atoms. The van der Waals surface area contributed by atoms with E-state index in [0.717, 1.165) is 21.4 Å². The van der Waals surface area contributed by atoms with Crippen molar-refractivity contribution in [1.82, 2.24) is 19.4 Å². The minimum atomic E-state index is 0.0507. The number of thiazole rings is 1. The monoisotopic (exact) mass is 306 g/mol. The van der Waals surface area contributed by atoms with Crippen molar-refractivity contribution >= 4 is 17.2 Å². The molecule has 6 heteroatoms. The lowest BCUT2D eigenvalue weighted by Crippen LogP contribution is -2.34. The van der Waals surface area contributed by atoms with Crippen molar-refractivity contribution < 1.29 is 4.79 Å². The molecule has 0 radical (unpaired) electrons. The summed E-state index contributed by atoms with van der Waals surface area (Å²) in [6.45, 7) is 9.29. The molecule has 2 aromatic rings. The predicted octanol–water partition coefficient (Wildman–Crippen LogP) is 2.79. The number of hydrogen-bond acceptors (Lipinski definition) is 4. The Hall–Kier alpha value is -1.69. The lowest BCUT2D eigenvalue weighted by Gasteiger charge is -2.24. The van der Waals surface area contributed by atoms with Gasteiger partial charge in [0.15, 0.2) is 0 Å². The van der Waals surface area contributed by atoms with Gasteiger partial charge in [0.25, 0.3) is 5.91 Å². The molecule has 0 aliphatic rings. The largest absolute Gasteiger partial charge is 0.337 e. The third-order valence-electron chi connectivity index (χ3n) is 3.22. The zero-order chi connectivity index (χ0) is 15.6. The maximum absolute atomic E-state index is 12.8. The van der Waals surface area contributed by atoms with Gasteiger partial charge < -0.3 is 9.47 Å². The van der Waals surface area contributed by atoms with Gasteiger partial charge in [-0.2, -0.15) is 0 Å². The van der Waals surface area contributed by atoms with E-state index < -0.39 is 0 Å². The summed E-state index contributed by atoms with van der Waals surface area (Å²) in [5.74, 6) is 1.35. The van der Waals surface area contributed by atoms with E-state index in [1.54, 1.807) is 6.20 Å². The molecule has 0 unspecified atom stereocenters. The van der Waals surface area contributed by atoms with Crippen LogP contribution >= 0.6 is 11.3 Å². The molecule has 2 heterocycles. The van der Waals surface area contributed by atoms with Gasteiger partial charge >= 0.3 is 0 Å². The standard InChI is InChI=1S/C15H22N4OS/c1-10(2)8-19(9-13-16-6-7-18(13)5)15(20)14-11(3)17-12(4)21-14/h6-7,10H,8-9H2,1-5H3. The Morgan fingerprint density at radius 2 is 2.14 bits per heavy atom. The SMILES string of the molecule is Cc1nc(C)c(C(=O)N(Cc2nccn2C)CC(C)C)s1. The predicted molar refractivity (Wildman–Crippen MR) is 84.4 cm³/mol. The van der Waals surface area contributed by atoms with Crippen molar-refractivity contribution in [3.8, 4) is 0 Å². The zero-order valence-corrected chi connectivity index (χ0v) is 14.1. The summed E-state index contributed by atoms with van der Waals surface area (Å²) in [5, 5.41) is 0.928. The molecule has 0 atom stereocenters. The summed E-state index contributed by atoms with van der Waals surface area (Å²) in [6, 6.07) is 0. The van der Waals surface area contributed by atoms with Crippen LogP contribution < -0.4 is 0 Å². The van der Waals surface area contributed by atoms with E-state index in [1.807, 2.05) is 36.6 Å². The summed E-state index contributed by atoms with van der Waals surface area (Å²) in [5.41, 5.74) is 0.816. The number of amides is 1. The lowest BCUT2D eigenvalue weighted by molar-refractivity contribution is 0.0720. The van der Waals surface area contributed by atoms with E-state index in [4.69, 9.17) is 0 Å². The van der Waals surface area contributed by atoms with Crippen LogP contribution in [0, 0.1) is 19.8 Å². The molecule has 2 aromatic heterocycles. The van der Waals surface area contributed by atoms with Crippen LogP contribution in [-0.4, -0.2) is 31.9 Å². The summed E-state index contributed by atoms with van der Waals surface area (Å²) in [4.78, 5) is 24.1. The highest BCUT2D eigenvalue weighted by Crippen LogP contribution is 2.20. The molecule has 0 saturated carbocycles. The first-order valence-electron chi connectivity index (χ1n) is 7.08. The molecule has 0 aromatic carbocycles. The minimum absolute atomic E-state index is 0.0507. The van der Waals surface area contributed by atoms with Gasteiger partial charge in [-0.3, -0.25) is 4.79 Å². The van der Waals surface area contributed by atoms with Gasteiger partial charge in [-0.1, -0.05) is 13.8 Å². The molecule has 0 bridgehead atoms. The van der Waals surface area contributed by atoms with Gasteiger partial charge in [0, 0.05) is 26.0 Å². The van der Waals surface area contributed by atoms with E-state index >= 15 is 0 Å². The Kier molecular flexibility index (Phi) is 4.77. The second-order valence-corrected chi connectivity index (χ2v) is 6.88.